The second-order valence-electron chi connectivity index (χ2n) is 6.61. The number of furan rings is 1. The summed E-state index contributed by atoms with van der Waals surface area (Å²) < 4.78 is 7.45. The molecule has 1 amide bonds. The molecule has 0 unspecified atom stereocenters. The Morgan fingerprint density at radius 3 is 2.56 bits per heavy atom. The van der Waals surface area contributed by atoms with E-state index in [1.165, 1.54) is 11.8 Å². The highest BCUT2D eigenvalue weighted by molar-refractivity contribution is 5.91. The van der Waals surface area contributed by atoms with E-state index < -0.39 is 0 Å². The van der Waals surface area contributed by atoms with Crippen LogP contribution in [0, 0.1) is 0 Å². The van der Waals surface area contributed by atoms with Crippen LogP contribution in [0.5, 0.6) is 0 Å². The van der Waals surface area contributed by atoms with E-state index in [0.717, 1.165) is 16.9 Å². The smallest absolute Gasteiger partial charge is 0.289 e. The van der Waals surface area contributed by atoms with Crippen LogP contribution < -0.4 is 0 Å². The third kappa shape index (κ3) is 3.24. The molecule has 0 saturated carbocycles. The number of hydrogen-bond donors (Lipinski definition) is 0. The molecule has 1 atom stereocenters. The first-order chi connectivity index (χ1) is 13.1. The molecular formula is C22H21N3O2. The van der Waals surface area contributed by atoms with Gasteiger partial charge in [0.2, 0.25) is 0 Å². The van der Waals surface area contributed by atoms with Gasteiger partial charge in [-0.1, -0.05) is 42.5 Å². The Kier molecular flexibility index (Phi) is 4.50. The summed E-state index contributed by atoms with van der Waals surface area (Å²) in [6.45, 7) is 2.55. The van der Waals surface area contributed by atoms with Crippen molar-refractivity contribution in [1.82, 2.24) is 14.5 Å². The van der Waals surface area contributed by atoms with E-state index in [1.807, 2.05) is 36.4 Å². The lowest BCUT2D eigenvalue weighted by atomic mass is 10.1. The van der Waals surface area contributed by atoms with Gasteiger partial charge in [0.15, 0.2) is 5.76 Å². The lowest BCUT2D eigenvalue weighted by molar-refractivity contribution is 0.0748. The summed E-state index contributed by atoms with van der Waals surface area (Å²) in [5.41, 5.74) is 3.18. The molecule has 0 aliphatic rings. The highest BCUT2D eigenvalue weighted by Gasteiger charge is 2.21. The Labute approximate surface area is 157 Å². The van der Waals surface area contributed by atoms with E-state index in [0.29, 0.717) is 12.3 Å². The molecule has 2 aromatic heterocycles. The number of carbonyl (C=O) groups excluding carboxylic acids is 1. The Balaban J connectivity index is 1.73. The van der Waals surface area contributed by atoms with E-state index in [-0.39, 0.29) is 11.9 Å². The lowest BCUT2D eigenvalue weighted by Crippen LogP contribution is -2.28. The molecule has 4 aromatic rings. The molecule has 0 radical (unpaired) electrons. The first-order valence-corrected chi connectivity index (χ1v) is 8.95. The topological polar surface area (TPSA) is 51.3 Å². The molecule has 0 fully saturated rings. The van der Waals surface area contributed by atoms with E-state index in [1.54, 1.807) is 24.1 Å². The Morgan fingerprint density at radius 1 is 1.07 bits per heavy atom. The minimum absolute atomic E-state index is 0.0979. The fraction of sp³-hybridized carbons (Fsp3) is 0.182. The maximum Gasteiger partial charge on any atom is 0.289 e. The van der Waals surface area contributed by atoms with E-state index in [9.17, 15) is 4.79 Å². The highest BCUT2D eigenvalue weighted by atomic mass is 16.3. The first-order valence-electron chi connectivity index (χ1n) is 8.95. The average molecular weight is 359 g/mol. The Hall–Kier alpha value is -3.34. The van der Waals surface area contributed by atoms with Crippen molar-refractivity contribution in [2.45, 2.75) is 19.5 Å². The number of fused-ring (bicyclic) bond motifs is 1. The fourth-order valence-electron chi connectivity index (χ4n) is 3.39. The third-order valence-corrected chi connectivity index (χ3v) is 4.80. The zero-order valence-corrected chi connectivity index (χ0v) is 15.4. The van der Waals surface area contributed by atoms with Crippen molar-refractivity contribution in [3.63, 3.8) is 0 Å². The van der Waals surface area contributed by atoms with Crippen LogP contribution >= 0.6 is 0 Å². The van der Waals surface area contributed by atoms with Crippen molar-refractivity contribution in [3.8, 4) is 0 Å². The van der Waals surface area contributed by atoms with Gasteiger partial charge in [0.25, 0.3) is 5.91 Å². The number of amides is 1. The predicted molar refractivity (Wildman–Crippen MR) is 104 cm³/mol. The van der Waals surface area contributed by atoms with Crippen molar-refractivity contribution >= 4 is 16.9 Å². The SMILES string of the molecule is C[C@H](c1ccccc1)n1c(CN(C)C(=O)c2ccco2)nc2ccccc21. The summed E-state index contributed by atoms with van der Waals surface area (Å²) in [5.74, 6) is 1.01. The van der Waals surface area contributed by atoms with Crippen LogP contribution in [0.15, 0.2) is 77.4 Å². The molecule has 2 aromatic carbocycles. The second kappa shape index (κ2) is 7.11. The summed E-state index contributed by atoms with van der Waals surface area (Å²) in [4.78, 5) is 19.0. The normalized spacial score (nSPS) is 12.2. The van der Waals surface area contributed by atoms with E-state index >= 15 is 0 Å². The van der Waals surface area contributed by atoms with Crippen molar-refractivity contribution in [2.24, 2.45) is 0 Å². The largest absolute Gasteiger partial charge is 0.459 e. The Bertz CT molecular complexity index is 1050. The molecule has 0 spiro atoms. The standard InChI is InChI=1S/C22H21N3O2/c1-16(17-9-4-3-5-10-17)25-19-12-7-6-11-18(19)23-21(25)15-24(2)22(26)20-13-8-14-27-20/h3-14,16H,15H2,1-2H3/t16-/m1/s1. The van der Waals surface area contributed by atoms with Gasteiger partial charge in [0, 0.05) is 7.05 Å². The average Bonchev–Trinajstić information content (AvgIpc) is 3.35. The van der Waals surface area contributed by atoms with Crippen LogP contribution in [-0.4, -0.2) is 27.4 Å². The molecule has 4 rings (SSSR count). The monoisotopic (exact) mass is 359 g/mol. The maximum atomic E-state index is 12.6. The fourth-order valence-corrected chi connectivity index (χ4v) is 3.39. The van der Waals surface area contributed by atoms with Crippen molar-refractivity contribution in [1.29, 1.82) is 0 Å². The summed E-state index contributed by atoms with van der Waals surface area (Å²) in [6, 6.07) is 21.9. The van der Waals surface area contributed by atoms with Gasteiger partial charge < -0.3 is 13.9 Å². The number of aromatic nitrogens is 2. The van der Waals surface area contributed by atoms with Crippen molar-refractivity contribution in [3.05, 3.63) is 90.1 Å². The number of nitrogens with zero attached hydrogens (tertiary/aromatic N) is 3. The summed E-state index contributed by atoms with van der Waals surface area (Å²) >= 11 is 0. The van der Waals surface area contributed by atoms with E-state index in [2.05, 4.69) is 29.7 Å². The minimum atomic E-state index is -0.161. The molecule has 0 bridgehead atoms. The molecule has 136 valence electrons. The molecule has 0 saturated heterocycles. The quantitative estimate of drug-likeness (QED) is 0.527. The van der Waals surface area contributed by atoms with Gasteiger partial charge in [0.1, 0.15) is 5.82 Å². The Morgan fingerprint density at radius 2 is 1.81 bits per heavy atom. The second-order valence-corrected chi connectivity index (χ2v) is 6.61. The maximum absolute atomic E-state index is 12.6. The number of imidazole rings is 1. The molecule has 0 aliphatic carbocycles. The molecule has 5 heteroatoms. The van der Waals surface area contributed by atoms with Crippen molar-refractivity contribution in [2.75, 3.05) is 7.05 Å². The van der Waals surface area contributed by atoms with Crippen LogP contribution in [0.4, 0.5) is 0 Å². The predicted octanol–water partition coefficient (Wildman–Crippen LogP) is 4.51. The summed E-state index contributed by atoms with van der Waals surface area (Å²) in [5, 5.41) is 0. The molecule has 0 N–H and O–H groups in total. The number of para-hydroxylation sites is 2. The van der Waals surface area contributed by atoms with Gasteiger partial charge in [-0.15, -0.1) is 0 Å². The summed E-state index contributed by atoms with van der Waals surface area (Å²) in [7, 11) is 1.77. The number of benzene rings is 2. The van der Waals surface area contributed by atoms with Crippen LogP contribution in [0.25, 0.3) is 11.0 Å². The van der Waals surface area contributed by atoms with Crippen LogP contribution in [0.2, 0.25) is 0 Å². The third-order valence-electron chi connectivity index (χ3n) is 4.80. The number of carbonyl (C=O) groups is 1. The van der Waals surface area contributed by atoms with Gasteiger partial charge in [-0.05, 0) is 36.8 Å². The molecule has 0 aliphatic heterocycles. The van der Waals surface area contributed by atoms with Crippen LogP contribution in [-0.2, 0) is 6.54 Å². The van der Waals surface area contributed by atoms with Crippen molar-refractivity contribution < 1.29 is 9.21 Å². The summed E-state index contributed by atoms with van der Waals surface area (Å²) in [6.07, 6.45) is 1.51. The van der Waals surface area contributed by atoms with Gasteiger partial charge >= 0.3 is 0 Å². The lowest BCUT2D eigenvalue weighted by Gasteiger charge is -2.21. The molecule has 5 nitrogen and oxygen atoms in total. The van der Waals surface area contributed by atoms with Gasteiger partial charge in [-0.3, -0.25) is 4.79 Å². The molecule has 27 heavy (non-hydrogen) atoms. The molecular weight excluding hydrogens is 338 g/mol. The zero-order chi connectivity index (χ0) is 18.8. The number of hydrogen-bond acceptors (Lipinski definition) is 3. The number of rotatable bonds is 5. The molecule has 2 heterocycles. The van der Waals surface area contributed by atoms with Gasteiger partial charge in [-0.25, -0.2) is 4.98 Å². The van der Waals surface area contributed by atoms with Crippen LogP contribution in [0.3, 0.4) is 0 Å². The highest BCUT2D eigenvalue weighted by Crippen LogP contribution is 2.26. The van der Waals surface area contributed by atoms with Gasteiger partial charge in [0.05, 0.1) is 29.9 Å². The van der Waals surface area contributed by atoms with Crippen LogP contribution in [0.1, 0.15) is 34.9 Å². The zero-order valence-electron chi connectivity index (χ0n) is 15.4. The van der Waals surface area contributed by atoms with E-state index in [4.69, 9.17) is 9.40 Å². The van der Waals surface area contributed by atoms with Gasteiger partial charge in [-0.2, -0.15) is 0 Å². The first kappa shape index (κ1) is 17.1. The minimum Gasteiger partial charge on any atom is -0.459 e.